The van der Waals surface area contributed by atoms with E-state index >= 15 is 0 Å². The first-order valence-corrected chi connectivity index (χ1v) is 9.33. The smallest absolute Gasteiger partial charge is 0.267 e. The first-order valence-electron chi connectivity index (χ1n) is 9.33. The van der Waals surface area contributed by atoms with E-state index in [1.54, 1.807) is 42.2 Å². The second-order valence-electron chi connectivity index (χ2n) is 6.57. The Labute approximate surface area is 176 Å². The maximum absolute atomic E-state index is 13.9. The van der Waals surface area contributed by atoms with Crippen LogP contribution in [0.3, 0.4) is 0 Å². The van der Waals surface area contributed by atoms with Gasteiger partial charge in [0.2, 0.25) is 11.9 Å². The number of benzene rings is 2. The molecule has 4 N–H and O–H groups in total. The summed E-state index contributed by atoms with van der Waals surface area (Å²) in [5.41, 5.74) is 12.0. The number of aromatic nitrogens is 4. The molecule has 2 aromatic heterocycles. The number of rotatable bonds is 4. The van der Waals surface area contributed by atoms with Crippen LogP contribution in [0.25, 0.3) is 16.6 Å². The van der Waals surface area contributed by atoms with Gasteiger partial charge in [-0.15, -0.1) is 0 Å². The van der Waals surface area contributed by atoms with Crippen LogP contribution in [0.2, 0.25) is 0 Å². The van der Waals surface area contributed by atoms with Crippen LogP contribution in [-0.4, -0.2) is 26.1 Å². The molecule has 0 saturated heterocycles. The molecule has 0 amide bonds. The fourth-order valence-corrected chi connectivity index (χ4v) is 3.31. The van der Waals surface area contributed by atoms with Crippen molar-refractivity contribution in [2.75, 3.05) is 22.9 Å². The molecular formula is C21H17FN8O. The average molecular weight is 416 g/mol. The molecular weight excluding hydrogens is 399 g/mol. The Kier molecular flexibility index (Phi) is 4.92. The summed E-state index contributed by atoms with van der Waals surface area (Å²) in [6.45, 7) is 2.07. The van der Waals surface area contributed by atoms with Crippen molar-refractivity contribution in [1.82, 2.24) is 19.5 Å². The number of nitriles is 1. The molecule has 9 nitrogen and oxygen atoms in total. The van der Waals surface area contributed by atoms with Crippen molar-refractivity contribution in [3.8, 4) is 11.8 Å². The lowest BCUT2D eigenvalue weighted by Gasteiger charge is -2.25. The zero-order chi connectivity index (χ0) is 22.1. The number of nitrogens with zero attached hydrogens (tertiary/aromatic N) is 6. The monoisotopic (exact) mass is 416 g/mol. The number of nitrogens with two attached hydrogens (primary N) is 2. The minimum absolute atomic E-state index is 0.00381. The largest absolute Gasteiger partial charge is 0.382 e. The van der Waals surface area contributed by atoms with E-state index in [-0.39, 0.29) is 41.0 Å². The molecule has 0 fully saturated rings. The van der Waals surface area contributed by atoms with Gasteiger partial charge < -0.3 is 11.5 Å². The highest BCUT2D eigenvalue weighted by atomic mass is 19.1. The van der Waals surface area contributed by atoms with Gasteiger partial charge in [0.05, 0.1) is 16.6 Å². The van der Waals surface area contributed by atoms with E-state index in [1.807, 2.05) is 6.07 Å². The summed E-state index contributed by atoms with van der Waals surface area (Å²) in [6.07, 6.45) is 0. The fraction of sp³-hybridized carbons (Fsp3) is 0.0952. The second-order valence-corrected chi connectivity index (χ2v) is 6.57. The third-order valence-electron chi connectivity index (χ3n) is 4.69. The summed E-state index contributed by atoms with van der Waals surface area (Å²) in [5, 5.41) is 9.73. The Hall–Kier alpha value is -4.52. The minimum atomic E-state index is -0.547. The van der Waals surface area contributed by atoms with Gasteiger partial charge in [-0.25, -0.2) is 13.9 Å². The van der Waals surface area contributed by atoms with Gasteiger partial charge in [-0.1, -0.05) is 18.2 Å². The van der Waals surface area contributed by atoms with Crippen molar-refractivity contribution in [3.63, 3.8) is 0 Å². The lowest BCUT2D eigenvalue weighted by molar-refractivity contribution is 0.629. The van der Waals surface area contributed by atoms with Gasteiger partial charge in [0.15, 0.2) is 5.82 Å². The predicted octanol–water partition coefficient (Wildman–Crippen LogP) is 2.51. The molecule has 4 aromatic rings. The van der Waals surface area contributed by atoms with Gasteiger partial charge in [-0.2, -0.15) is 15.2 Å². The van der Waals surface area contributed by atoms with Gasteiger partial charge in [0.25, 0.3) is 5.56 Å². The number of anilines is 4. The molecule has 0 unspecified atom stereocenters. The lowest BCUT2D eigenvalue weighted by atomic mass is 10.2. The molecule has 4 rings (SSSR count). The van der Waals surface area contributed by atoms with Crippen molar-refractivity contribution in [2.24, 2.45) is 0 Å². The first-order chi connectivity index (χ1) is 14.9. The van der Waals surface area contributed by atoms with Crippen LogP contribution in [-0.2, 0) is 0 Å². The number of fused-ring (bicyclic) bond motifs is 1. The number of para-hydroxylation sites is 1. The van der Waals surface area contributed by atoms with Crippen LogP contribution in [0.15, 0.2) is 53.3 Å². The third-order valence-corrected chi connectivity index (χ3v) is 4.69. The van der Waals surface area contributed by atoms with E-state index in [1.165, 1.54) is 16.7 Å². The summed E-state index contributed by atoms with van der Waals surface area (Å²) in [5.74, 6) is -0.463. The third kappa shape index (κ3) is 3.38. The SMILES string of the molecule is CCN(c1nc(N)nc(N)c1C#N)c1nc2ccc(F)cc2c(=O)n1-c1ccccc1. The lowest BCUT2D eigenvalue weighted by Crippen LogP contribution is -2.30. The number of halogens is 1. The van der Waals surface area contributed by atoms with E-state index in [9.17, 15) is 14.4 Å². The van der Waals surface area contributed by atoms with Gasteiger partial charge >= 0.3 is 0 Å². The van der Waals surface area contributed by atoms with Gasteiger partial charge in [-0.05, 0) is 37.3 Å². The number of nitrogen functional groups attached to an aromatic ring is 2. The normalized spacial score (nSPS) is 10.7. The number of hydrogen-bond donors (Lipinski definition) is 2. The van der Waals surface area contributed by atoms with Crippen molar-refractivity contribution < 1.29 is 4.39 Å². The molecule has 0 aliphatic carbocycles. The van der Waals surface area contributed by atoms with E-state index in [0.717, 1.165) is 6.07 Å². The number of hydrogen-bond acceptors (Lipinski definition) is 8. The highest BCUT2D eigenvalue weighted by Crippen LogP contribution is 2.30. The van der Waals surface area contributed by atoms with Crippen LogP contribution in [0, 0.1) is 17.1 Å². The molecule has 0 radical (unpaired) electrons. The van der Waals surface area contributed by atoms with Crippen LogP contribution < -0.4 is 21.9 Å². The summed E-state index contributed by atoms with van der Waals surface area (Å²) >= 11 is 0. The Morgan fingerprint density at radius 1 is 1.13 bits per heavy atom. The Morgan fingerprint density at radius 2 is 1.87 bits per heavy atom. The predicted molar refractivity (Wildman–Crippen MR) is 116 cm³/mol. The average Bonchev–Trinajstić information content (AvgIpc) is 2.75. The molecule has 2 aromatic carbocycles. The molecule has 0 bridgehead atoms. The minimum Gasteiger partial charge on any atom is -0.382 e. The summed E-state index contributed by atoms with van der Waals surface area (Å²) in [6, 6.07) is 14.5. The van der Waals surface area contributed by atoms with Gasteiger partial charge in [-0.3, -0.25) is 9.69 Å². The highest BCUT2D eigenvalue weighted by molar-refractivity contribution is 5.81. The van der Waals surface area contributed by atoms with Crippen LogP contribution >= 0.6 is 0 Å². The molecule has 154 valence electrons. The molecule has 0 aliphatic rings. The van der Waals surface area contributed by atoms with Crippen molar-refractivity contribution in [1.29, 1.82) is 5.26 Å². The molecule has 2 heterocycles. The van der Waals surface area contributed by atoms with Crippen molar-refractivity contribution in [3.05, 3.63) is 70.3 Å². The summed E-state index contributed by atoms with van der Waals surface area (Å²) < 4.78 is 15.2. The van der Waals surface area contributed by atoms with Gasteiger partial charge in [0.1, 0.15) is 23.3 Å². The van der Waals surface area contributed by atoms with E-state index in [4.69, 9.17) is 11.5 Å². The summed E-state index contributed by atoms with van der Waals surface area (Å²) in [7, 11) is 0. The Bertz CT molecular complexity index is 1390. The molecule has 0 aliphatic heterocycles. The maximum atomic E-state index is 13.9. The van der Waals surface area contributed by atoms with E-state index in [0.29, 0.717) is 11.2 Å². The summed E-state index contributed by atoms with van der Waals surface area (Å²) in [4.78, 5) is 27.6. The quantitative estimate of drug-likeness (QED) is 0.517. The molecule has 0 atom stereocenters. The second kappa shape index (κ2) is 7.72. The van der Waals surface area contributed by atoms with Crippen molar-refractivity contribution >= 4 is 34.4 Å². The van der Waals surface area contributed by atoms with E-state index in [2.05, 4.69) is 15.0 Å². The molecule has 0 saturated carbocycles. The first kappa shape index (κ1) is 19.8. The van der Waals surface area contributed by atoms with Crippen LogP contribution in [0.1, 0.15) is 12.5 Å². The molecule has 31 heavy (non-hydrogen) atoms. The van der Waals surface area contributed by atoms with Crippen LogP contribution in [0.5, 0.6) is 0 Å². The van der Waals surface area contributed by atoms with Crippen LogP contribution in [0.4, 0.5) is 27.9 Å². The molecule has 0 spiro atoms. The Balaban J connectivity index is 2.11. The zero-order valence-corrected chi connectivity index (χ0v) is 16.5. The standard InChI is InChI=1S/C21H17FN8O/c1-2-29(18-15(11-23)17(24)27-20(25)28-18)21-26-16-9-8-12(22)10-14(16)19(31)30(21)13-6-4-3-5-7-13/h3-10H,2H2,1H3,(H4,24,25,27,28). The topological polar surface area (TPSA) is 140 Å². The van der Waals surface area contributed by atoms with Crippen molar-refractivity contribution in [2.45, 2.75) is 6.92 Å². The fourth-order valence-electron chi connectivity index (χ4n) is 3.31. The molecule has 10 heteroatoms. The zero-order valence-electron chi connectivity index (χ0n) is 16.5. The van der Waals surface area contributed by atoms with E-state index < -0.39 is 11.4 Å². The Morgan fingerprint density at radius 3 is 2.55 bits per heavy atom. The van der Waals surface area contributed by atoms with Gasteiger partial charge in [0, 0.05) is 6.54 Å². The maximum Gasteiger partial charge on any atom is 0.267 e. The highest BCUT2D eigenvalue weighted by Gasteiger charge is 2.24.